The van der Waals surface area contributed by atoms with Gasteiger partial charge < -0.3 is 10.6 Å². The van der Waals surface area contributed by atoms with Crippen LogP contribution >= 0.6 is 0 Å². The molecule has 1 aromatic rings. The van der Waals surface area contributed by atoms with Gasteiger partial charge >= 0.3 is 0 Å². The van der Waals surface area contributed by atoms with E-state index < -0.39 is 0 Å². The first-order valence-corrected chi connectivity index (χ1v) is 7.09. The quantitative estimate of drug-likeness (QED) is 0.877. The van der Waals surface area contributed by atoms with Crippen LogP contribution in [-0.2, 0) is 18.3 Å². The van der Waals surface area contributed by atoms with Crippen molar-refractivity contribution in [2.24, 2.45) is 18.7 Å². The number of likely N-dealkylation sites (tertiary alicyclic amines) is 1. The predicted molar refractivity (Wildman–Crippen MR) is 74.6 cm³/mol. The zero-order valence-corrected chi connectivity index (χ0v) is 11.9. The number of aromatic nitrogens is 2. The average Bonchev–Trinajstić information content (AvgIpc) is 2.74. The fourth-order valence-corrected chi connectivity index (χ4v) is 2.76. The fourth-order valence-electron chi connectivity index (χ4n) is 2.76. The molecule has 1 fully saturated rings. The van der Waals surface area contributed by atoms with Crippen molar-refractivity contribution in [2.45, 2.75) is 32.6 Å². The van der Waals surface area contributed by atoms with Gasteiger partial charge in [0.1, 0.15) is 0 Å². The molecular formula is C14H24N4O. The van der Waals surface area contributed by atoms with E-state index in [0.717, 1.165) is 37.2 Å². The summed E-state index contributed by atoms with van der Waals surface area (Å²) in [6.07, 6.45) is 6.16. The number of amides is 1. The van der Waals surface area contributed by atoms with Gasteiger partial charge in [0.05, 0.1) is 11.6 Å². The maximum absolute atomic E-state index is 12.5. The standard InChI is InChI=1S/C14H24N4O/c1-11-13(10-17(2)16-11)8-12(9-15)14(19)18-6-4-3-5-7-18/h10,12H,3-9,15H2,1-2H3. The van der Waals surface area contributed by atoms with Crippen molar-refractivity contribution in [3.8, 4) is 0 Å². The highest BCUT2D eigenvalue weighted by molar-refractivity contribution is 5.79. The van der Waals surface area contributed by atoms with Crippen LogP contribution in [0.2, 0.25) is 0 Å². The lowest BCUT2D eigenvalue weighted by Crippen LogP contribution is -2.42. The lowest BCUT2D eigenvalue weighted by Gasteiger charge is -2.30. The van der Waals surface area contributed by atoms with Crippen LogP contribution in [0.15, 0.2) is 6.20 Å². The summed E-state index contributed by atoms with van der Waals surface area (Å²) in [7, 11) is 1.90. The van der Waals surface area contributed by atoms with E-state index >= 15 is 0 Å². The van der Waals surface area contributed by atoms with Crippen molar-refractivity contribution >= 4 is 5.91 Å². The molecule has 5 nitrogen and oxygen atoms in total. The summed E-state index contributed by atoms with van der Waals surface area (Å²) in [6, 6.07) is 0. The number of aryl methyl sites for hydroxylation is 2. The molecule has 1 unspecified atom stereocenters. The number of hydrogen-bond acceptors (Lipinski definition) is 3. The summed E-state index contributed by atoms with van der Waals surface area (Å²) in [5.41, 5.74) is 7.93. The Bertz CT molecular complexity index is 435. The van der Waals surface area contributed by atoms with Gasteiger partial charge in [0.2, 0.25) is 5.91 Å². The van der Waals surface area contributed by atoms with Gasteiger partial charge in [-0.05, 0) is 38.2 Å². The molecule has 0 aliphatic carbocycles. The van der Waals surface area contributed by atoms with Crippen LogP contribution in [0.25, 0.3) is 0 Å². The maximum Gasteiger partial charge on any atom is 0.227 e. The topological polar surface area (TPSA) is 64.2 Å². The van der Waals surface area contributed by atoms with E-state index in [4.69, 9.17) is 5.73 Å². The second kappa shape index (κ2) is 6.19. The molecule has 19 heavy (non-hydrogen) atoms. The second-order valence-electron chi connectivity index (χ2n) is 5.44. The molecule has 106 valence electrons. The molecule has 2 rings (SSSR count). The molecule has 0 saturated carbocycles. The molecule has 0 spiro atoms. The normalized spacial score (nSPS) is 17.5. The lowest BCUT2D eigenvalue weighted by molar-refractivity contribution is -0.136. The van der Waals surface area contributed by atoms with Gasteiger partial charge in [-0.2, -0.15) is 5.10 Å². The van der Waals surface area contributed by atoms with Crippen molar-refractivity contribution in [1.82, 2.24) is 14.7 Å². The van der Waals surface area contributed by atoms with Crippen LogP contribution in [0, 0.1) is 12.8 Å². The minimum absolute atomic E-state index is 0.110. The Morgan fingerprint density at radius 3 is 2.63 bits per heavy atom. The first-order chi connectivity index (χ1) is 9.11. The molecule has 0 radical (unpaired) electrons. The average molecular weight is 264 g/mol. The monoisotopic (exact) mass is 264 g/mol. The Hall–Kier alpha value is -1.36. The summed E-state index contributed by atoms with van der Waals surface area (Å²) in [5.74, 6) is 0.103. The number of carbonyl (C=O) groups excluding carboxylic acids is 1. The molecule has 1 aliphatic rings. The molecule has 1 aliphatic heterocycles. The molecule has 1 amide bonds. The van der Waals surface area contributed by atoms with Crippen LogP contribution in [0.4, 0.5) is 0 Å². The summed E-state index contributed by atoms with van der Waals surface area (Å²) in [5, 5.41) is 4.32. The molecule has 5 heteroatoms. The van der Waals surface area contributed by atoms with E-state index in [1.807, 2.05) is 25.1 Å². The SMILES string of the molecule is Cc1nn(C)cc1CC(CN)C(=O)N1CCCCC1. The summed E-state index contributed by atoms with van der Waals surface area (Å²) in [6.45, 7) is 4.17. The minimum atomic E-state index is -0.110. The molecule has 2 N–H and O–H groups in total. The summed E-state index contributed by atoms with van der Waals surface area (Å²) >= 11 is 0. The Morgan fingerprint density at radius 1 is 1.42 bits per heavy atom. The van der Waals surface area contributed by atoms with Crippen molar-refractivity contribution < 1.29 is 4.79 Å². The first-order valence-electron chi connectivity index (χ1n) is 7.09. The van der Waals surface area contributed by atoms with E-state index in [0.29, 0.717) is 13.0 Å². The van der Waals surface area contributed by atoms with Crippen molar-refractivity contribution in [3.63, 3.8) is 0 Å². The third-order valence-electron chi connectivity index (χ3n) is 3.88. The molecule has 1 atom stereocenters. The van der Waals surface area contributed by atoms with E-state index in [2.05, 4.69) is 5.10 Å². The number of piperidine rings is 1. The molecule has 2 heterocycles. The largest absolute Gasteiger partial charge is 0.342 e. The van der Waals surface area contributed by atoms with Crippen molar-refractivity contribution in [3.05, 3.63) is 17.5 Å². The molecular weight excluding hydrogens is 240 g/mol. The molecule has 1 aromatic heterocycles. The van der Waals surface area contributed by atoms with Gasteiger partial charge in [-0.1, -0.05) is 0 Å². The zero-order valence-electron chi connectivity index (χ0n) is 11.9. The molecule has 0 aromatic carbocycles. The van der Waals surface area contributed by atoms with Crippen LogP contribution < -0.4 is 5.73 Å². The van der Waals surface area contributed by atoms with Crippen molar-refractivity contribution in [2.75, 3.05) is 19.6 Å². The smallest absolute Gasteiger partial charge is 0.227 e. The van der Waals surface area contributed by atoms with E-state index in [1.54, 1.807) is 4.68 Å². The Morgan fingerprint density at radius 2 is 2.11 bits per heavy atom. The highest BCUT2D eigenvalue weighted by Gasteiger charge is 2.25. The zero-order chi connectivity index (χ0) is 13.8. The number of hydrogen-bond donors (Lipinski definition) is 1. The van der Waals surface area contributed by atoms with Gasteiger partial charge in [0.25, 0.3) is 0 Å². The molecule has 0 bridgehead atoms. The van der Waals surface area contributed by atoms with Crippen LogP contribution in [0.3, 0.4) is 0 Å². The number of nitrogens with zero attached hydrogens (tertiary/aromatic N) is 3. The van der Waals surface area contributed by atoms with Gasteiger partial charge in [-0.15, -0.1) is 0 Å². The minimum Gasteiger partial charge on any atom is -0.342 e. The Labute approximate surface area is 114 Å². The molecule has 1 saturated heterocycles. The number of nitrogens with two attached hydrogens (primary N) is 1. The fraction of sp³-hybridized carbons (Fsp3) is 0.714. The third-order valence-corrected chi connectivity index (χ3v) is 3.88. The first kappa shape index (κ1) is 14.1. The van der Waals surface area contributed by atoms with Crippen molar-refractivity contribution in [1.29, 1.82) is 0 Å². The van der Waals surface area contributed by atoms with Gasteiger partial charge in [-0.3, -0.25) is 9.48 Å². The second-order valence-corrected chi connectivity index (χ2v) is 5.44. The van der Waals surface area contributed by atoms with Crippen LogP contribution in [-0.4, -0.2) is 40.2 Å². The Balaban J connectivity index is 2.02. The Kier molecular flexibility index (Phi) is 4.58. The van der Waals surface area contributed by atoms with Crippen LogP contribution in [0.5, 0.6) is 0 Å². The van der Waals surface area contributed by atoms with Crippen LogP contribution in [0.1, 0.15) is 30.5 Å². The highest BCUT2D eigenvalue weighted by Crippen LogP contribution is 2.17. The van der Waals surface area contributed by atoms with E-state index in [-0.39, 0.29) is 11.8 Å². The number of rotatable bonds is 4. The summed E-state index contributed by atoms with van der Waals surface area (Å²) < 4.78 is 1.80. The lowest BCUT2D eigenvalue weighted by atomic mass is 9.97. The van der Waals surface area contributed by atoms with Gasteiger partial charge in [0, 0.05) is 32.9 Å². The third kappa shape index (κ3) is 3.35. The van der Waals surface area contributed by atoms with Gasteiger partial charge in [-0.25, -0.2) is 0 Å². The highest BCUT2D eigenvalue weighted by atomic mass is 16.2. The van der Waals surface area contributed by atoms with Gasteiger partial charge in [0.15, 0.2) is 0 Å². The van der Waals surface area contributed by atoms with E-state index in [1.165, 1.54) is 6.42 Å². The number of carbonyl (C=O) groups is 1. The summed E-state index contributed by atoms with van der Waals surface area (Å²) in [4.78, 5) is 14.4. The predicted octanol–water partition coefficient (Wildman–Crippen LogP) is 0.858. The van der Waals surface area contributed by atoms with E-state index in [9.17, 15) is 4.79 Å². The maximum atomic E-state index is 12.5.